The first-order chi connectivity index (χ1) is 11.5. The van der Waals surface area contributed by atoms with E-state index in [1.165, 1.54) is 0 Å². The summed E-state index contributed by atoms with van der Waals surface area (Å²) < 4.78 is 181. The highest BCUT2D eigenvalue weighted by Crippen LogP contribution is 2.60. The minimum absolute atomic E-state index is 0.609. The van der Waals surface area contributed by atoms with E-state index in [-0.39, 0.29) is 0 Å². The Morgan fingerprint density at radius 1 is 0.741 bits per heavy atom. The average Bonchev–Trinajstić information content (AvgIpc) is 2.44. The van der Waals surface area contributed by atoms with E-state index < -0.39 is 53.7 Å². The first kappa shape index (κ1) is 25.2. The molecule has 27 heavy (non-hydrogen) atoms. The normalized spacial score (nSPS) is 16.1. The molecule has 0 N–H and O–H groups in total. The fourth-order valence-corrected chi connectivity index (χ4v) is 1.19. The molecular weight excluding hydrogens is 430 g/mol. The Labute approximate surface area is 139 Å². The molecule has 0 aromatic heterocycles. The van der Waals surface area contributed by atoms with Crippen LogP contribution < -0.4 is 0 Å². The van der Waals surface area contributed by atoms with E-state index in [1.54, 1.807) is 0 Å². The number of esters is 1. The van der Waals surface area contributed by atoms with Gasteiger partial charge in [-0.15, -0.1) is 0 Å². The zero-order chi connectivity index (χ0) is 22.4. The Kier molecular flexibility index (Phi) is 6.25. The van der Waals surface area contributed by atoms with Crippen molar-refractivity contribution in [2.75, 3.05) is 0 Å². The summed E-state index contributed by atoms with van der Waals surface area (Å²) in [6.07, 6.45) is -12.7. The van der Waals surface area contributed by atoms with Crippen LogP contribution in [0.1, 0.15) is 6.92 Å². The highest BCUT2D eigenvalue weighted by molar-refractivity contribution is 5.87. The number of ether oxygens (including phenoxy) is 1. The summed E-state index contributed by atoms with van der Waals surface area (Å²) in [4.78, 5) is 10.7. The van der Waals surface area contributed by atoms with Gasteiger partial charge in [-0.3, -0.25) is 0 Å². The van der Waals surface area contributed by atoms with E-state index in [0.29, 0.717) is 6.92 Å². The second-order valence-corrected chi connectivity index (χ2v) is 4.92. The predicted octanol–water partition coefficient (Wildman–Crippen LogP) is 5.14. The quantitative estimate of drug-likeness (QED) is 0.314. The van der Waals surface area contributed by atoms with Gasteiger partial charge in [-0.2, -0.15) is 61.5 Å². The average molecular weight is 436 g/mol. The zero-order valence-electron chi connectivity index (χ0n) is 12.4. The van der Waals surface area contributed by atoms with Crippen molar-refractivity contribution in [3.8, 4) is 0 Å². The second kappa shape index (κ2) is 6.68. The maximum absolute atomic E-state index is 13.2. The fraction of sp³-hybridized carbons (Fsp3) is 0.727. The molecule has 0 bridgehead atoms. The molecule has 2 nitrogen and oxygen atoms in total. The summed E-state index contributed by atoms with van der Waals surface area (Å²) in [6, 6.07) is 0. The van der Waals surface area contributed by atoms with Crippen molar-refractivity contribution in [1.29, 1.82) is 0 Å². The summed E-state index contributed by atoms with van der Waals surface area (Å²) in [5.74, 6) is -41.6. The maximum atomic E-state index is 13.2. The Morgan fingerprint density at radius 3 is 1.37 bits per heavy atom. The first-order valence-corrected chi connectivity index (χ1v) is 5.96. The van der Waals surface area contributed by atoms with Crippen molar-refractivity contribution in [3.05, 3.63) is 12.2 Å². The molecule has 0 rings (SSSR count). The monoisotopic (exact) mass is 436 g/mol. The first-order valence-electron chi connectivity index (χ1n) is 5.96. The third kappa shape index (κ3) is 3.66. The second-order valence-electron chi connectivity index (χ2n) is 4.92. The van der Waals surface area contributed by atoms with Crippen molar-refractivity contribution in [2.24, 2.45) is 0 Å². The third-order valence-electron chi connectivity index (χ3n) is 2.80. The van der Waals surface area contributed by atoms with Crippen LogP contribution in [0.2, 0.25) is 0 Å². The lowest BCUT2D eigenvalue weighted by molar-refractivity contribution is -0.447. The van der Waals surface area contributed by atoms with Crippen LogP contribution in [0.25, 0.3) is 0 Å². The van der Waals surface area contributed by atoms with E-state index in [0.717, 1.165) is 0 Å². The van der Waals surface area contributed by atoms with Gasteiger partial charge in [0.15, 0.2) is 0 Å². The molecule has 0 aliphatic rings. The lowest BCUT2D eigenvalue weighted by atomic mass is 9.94. The van der Waals surface area contributed by atoms with Crippen LogP contribution in [0.4, 0.5) is 61.5 Å². The van der Waals surface area contributed by atoms with Gasteiger partial charge in [0.2, 0.25) is 0 Å². The molecule has 0 radical (unpaired) electrons. The summed E-state index contributed by atoms with van der Waals surface area (Å²) >= 11 is 0. The molecule has 0 spiro atoms. The smallest absolute Gasteiger partial charge is 0.421 e. The third-order valence-corrected chi connectivity index (χ3v) is 2.80. The number of hydrogen-bond acceptors (Lipinski definition) is 2. The Morgan fingerprint density at radius 2 is 1.07 bits per heavy atom. The Balaban J connectivity index is 6.22. The van der Waals surface area contributed by atoms with E-state index in [4.69, 9.17) is 0 Å². The Hall–Kier alpha value is -1.77. The predicted molar refractivity (Wildman–Crippen MR) is 56.6 cm³/mol. The summed E-state index contributed by atoms with van der Waals surface area (Å²) in [7, 11) is 0. The zero-order valence-corrected chi connectivity index (χ0v) is 12.4. The molecule has 0 amide bonds. The number of rotatable bonds is 7. The SMILES string of the molecule is C=C(C)C(=O)OC(F)C(F)(F)C(F)(F)C(F)(F)C(F)(F)C(F)(F)C(F)(F)F. The molecule has 0 aromatic rings. The van der Waals surface area contributed by atoms with Gasteiger partial charge in [0, 0.05) is 5.57 Å². The van der Waals surface area contributed by atoms with Crippen molar-refractivity contribution >= 4 is 5.97 Å². The van der Waals surface area contributed by atoms with Crippen molar-refractivity contribution in [3.63, 3.8) is 0 Å². The molecule has 0 aliphatic heterocycles. The van der Waals surface area contributed by atoms with Crippen LogP contribution in [0.5, 0.6) is 0 Å². The number of hydrogen-bond donors (Lipinski definition) is 0. The molecule has 0 fully saturated rings. The summed E-state index contributed by atoms with van der Waals surface area (Å²) in [5.41, 5.74) is -0.975. The molecule has 1 unspecified atom stereocenters. The number of halogens is 14. The highest BCUT2D eigenvalue weighted by atomic mass is 19.4. The standard InChI is InChI=1S/C11H6F14O2/c1-3(2)4(26)27-5(12)6(13,14)7(15,16)8(17,18)9(19,20)10(21,22)11(23,24)25/h5H,1H2,2H3. The van der Waals surface area contributed by atoms with Gasteiger partial charge < -0.3 is 4.74 Å². The number of carbonyl (C=O) groups excluding carboxylic acids is 1. The van der Waals surface area contributed by atoms with Gasteiger partial charge in [-0.25, -0.2) is 4.79 Å². The molecule has 160 valence electrons. The van der Waals surface area contributed by atoms with Crippen LogP contribution in [-0.2, 0) is 9.53 Å². The van der Waals surface area contributed by atoms with Gasteiger partial charge in [-0.1, -0.05) is 6.58 Å². The lowest BCUT2D eigenvalue weighted by Gasteiger charge is -2.40. The summed E-state index contributed by atoms with van der Waals surface area (Å²) in [6.45, 7) is 3.24. The Bertz CT molecular complexity index is 590. The van der Waals surface area contributed by atoms with Crippen molar-refractivity contribution in [2.45, 2.75) is 49.1 Å². The summed E-state index contributed by atoms with van der Waals surface area (Å²) in [5, 5.41) is 0. The minimum Gasteiger partial charge on any atom is -0.421 e. The molecule has 16 heteroatoms. The van der Waals surface area contributed by atoms with Crippen LogP contribution in [0, 0.1) is 0 Å². The van der Waals surface area contributed by atoms with E-state index in [2.05, 4.69) is 11.3 Å². The van der Waals surface area contributed by atoms with E-state index in [1.807, 2.05) is 0 Å². The van der Waals surface area contributed by atoms with Gasteiger partial charge in [0.1, 0.15) is 0 Å². The maximum Gasteiger partial charge on any atom is 0.460 e. The van der Waals surface area contributed by atoms with E-state index >= 15 is 0 Å². The topological polar surface area (TPSA) is 26.3 Å². The fourth-order valence-electron chi connectivity index (χ4n) is 1.19. The van der Waals surface area contributed by atoms with E-state index in [9.17, 15) is 66.3 Å². The van der Waals surface area contributed by atoms with Crippen molar-refractivity contribution in [1.82, 2.24) is 0 Å². The molecule has 0 saturated carbocycles. The number of carbonyl (C=O) groups is 1. The van der Waals surface area contributed by atoms with Crippen LogP contribution in [-0.4, -0.2) is 48.1 Å². The van der Waals surface area contributed by atoms with Gasteiger partial charge in [0.25, 0.3) is 0 Å². The molecule has 1 atom stereocenters. The van der Waals surface area contributed by atoms with Gasteiger partial charge in [-0.05, 0) is 6.92 Å². The van der Waals surface area contributed by atoms with Crippen LogP contribution >= 0.6 is 0 Å². The molecule has 0 aliphatic carbocycles. The molecule has 0 saturated heterocycles. The van der Waals surface area contributed by atoms with Crippen molar-refractivity contribution < 1.29 is 71.0 Å². The van der Waals surface area contributed by atoms with Crippen LogP contribution in [0.15, 0.2) is 12.2 Å². The molecular formula is C11H6F14O2. The molecule has 0 aromatic carbocycles. The highest BCUT2D eigenvalue weighted by Gasteiger charge is 2.91. The van der Waals surface area contributed by atoms with Crippen LogP contribution in [0.3, 0.4) is 0 Å². The largest absolute Gasteiger partial charge is 0.460 e. The minimum atomic E-state index is -8.16. The van der Waals surface area contributed by atoms with Gasteiger partial charge in [0.05, 0.1) is 0 Å². The molecule has 0 heterocycles. The lowest BCUT2D eigenvalue weighted by Crippen LogP contribution is -2.71. The van der Waals surface area contributed by atoms with Gasteiger partial charge >= 0.3 is 48.1 Å². The number of alkyl halides is 14.